The number of carbonyl (C=O) groups excluding carboxylic acids is 1. The molecule has 2 rings (SSSR count). The lowest BCUT2D eigenvalue weighted by molar-refractivity contribution is -0.159. The van der Waals surface area contributed by atoms with Crippen molar-refractivity contribution < 1.29 is 24.6 Å². The molecule has 0 heterocycles. The fourth-order valence-corrected chi connectivity index (χ4v) is 3.06. The van der Waals surface area contributed by atoms with Gasteiger partial charge in [0.05, 0.1) is 5.41 Å². The molecule has 6 heteroatoms. The van der Waals surface area contributed by atoms with E-state index in [1.54, 1.807) is 0 Å². The summed E-state index contributed by atoms with van der Waals surface area (Å²) in [6.07, 6.45) is 1.33. The molecule has 0 amide bonds. The summed E-state index contributed by atoms with van der Waals surface area (Å²) in [5.74, 6) is -3.36. The van der Waals surface area contributed by atoms with Crippen molar-refractivity contribution in [3.63, 3.8) is 0 Å². The number of carboxylic acids is 2. The molecule has 150 valence electrons. The fourth-order valence-electron chi connectivity index (χ4n) is 3.06. The standard InChI is InChI=1S/C20H25NO.C2H2O4/c1-4-19(22)20(15-16-21(2)3,17-11-7-5-8-12-17)18-13-9-6-10-14-18;3-1(4)2(5)6/h5-14H,4,15-16H2,1-3H3;(H,3,4)(H,5,6). The second kappa shape index (κ2) is 11.0. The first-order valence-electron chi connectivity index (χ1n) is 9.01. The summed E-state index contributed by atoms with van der Waals surface area (Å²) in [5, 5.41) is 14.8. The zero-order valence-electron chi connectivity index (χ0n) is 16.5. The van der Waals surface area contributed by atoms with Crippen molar-refractivity contribution in [2.75, 3.05) is 20.6 Å². The van der Waals surface area contributed by atoms with Crippen molar-refractivity contribution in [3.8, 4) is 0 Å². The van der Waals surface area contributed by atoms with Crippen LogP contribution in [0.1, 0.15) is 30.9 Å². The molecule has 2 aromatic carbocycles. The van der Waals surface area contributed by atoms with E-state index in [4.69, 9.17) is 19.8 Å². The lowest BCUT2D eigenvalue weighted by Gasteiger charge is -2.34. The third-order valence-corrected chi connectivity index (χ3v) is 4.45. The molecular formula is C22H27NO5. The van der Waals surface area contributed by atoms with E-state index in [2.05, 4.69) is 43.3 Å². The number of aliphatic carboxylic acids is 2. The van der Waals surface area contributed by atoms with Crippen LogP contribution in [-0.4, -0.2) is 53.5 Å². The summed E-state index contributed by atoms with van der Waals surface area (Å²) < 4.78 is 0. The van der Waals surface area contributed by atoms with Gasteiger partial charge in [-0.1, -0.05) is 67.6 Å². The Hall–Kier alpha value is -2.99. The Bertz CT molecular complexity index is 721. The molecule has 0 aromatic heterocycles. The largest absolute Gasteiger partial charge is 0.473 e. The van der Waals surface area contributed by atoms with E-state index >= 15 is 0 Å². The quantitative estimate of drug-likeness (QED) is 0.712. The first-order chi connectivity index (χ1) is 13.3. The molecule has 28 heavy (non-hydrogen) atoms. The Balaban J connectivity index is 0.000000568. The molecule has 0 radical (unpaired) electrons. The Kier molecular flexibility index (Phi) is 9.05. The van der Waals surface area contributed by atoms with E-state index in [-0.39, 0.29) is 5.78 Å². The highest BCUT2D eigenvalue weighted by Gasteiger charge is 2.40. The Morgan fingerprint density at radius 1 is 0.821 bits per heavy atom. The van der Waals surface area contributed by atoms with Gasteiger partial charge in [-0.05, 0) is 38.2 Å². The van der Waals surface area contributed by atoms with Crippen molar-refractivity contribution in [1.82, 2.24) is 4.90 Å². The Morgan fingerprint density at radius 3 is 1.50 bits per heavy atom. The average Bonchev–Trinajstić information content (AvgIpc) is 2.70. The molecule has 0 aliphatic rings. The molecular weight excluding hydrogens is 358 g/mol. The van der Waals surface area contributed by atoms with Crippen molar-refractivity contribution in [2.24, 2.45) is 0 Å². The third kappa shape index (κ3) is 6.03. The lowest BCUT2D eigenvalue weighted by Crippen LogP contribution is -2.39. The summed E-state index contributed by atoms with van der Waals surface area (Å²) in [4.78, 5) is 33.4. The van der Waals surface area contributed by atoms with Gasteiger partial charge in [-0.2, -0.15) is 0 Å². The van der Waals surface area contributed by atoms with E-state index in [1.165, 1.54) is 0 Å². The number of carboxylic acid groups (broad SMARTS) is 2. The molecule has 2 N–H and O–H groups in total. The minimum atomic E-state index is -1.82. The molecule has 0 spiro atoms. The zero-order chi connectivity index (χ0) is 21.2. The average molecular weight is 385 g/mol. The number of Topliss-reactive ketones (excluding diaryl/α,β-unsaturated/α-hetero) is 1. The number of hydrogen-bond acceptors (Lipinski definition) is 4. The second-order valence-corrected chi connectivity index (χ2v) is 6.58. The van der Waals surface area contributed by atoms with Gasteiger partial charge in [-0.15, -0.1) is 0 Å². The van der Waals surface area contributed by atoms with Gasteiger partial charge in [-0.25, -0.2) is 9.59 Å². The maximum Gasteiger partial charge on any atom is 0.414 e. The van der Waals surface area contributed by atoms with Crippen LogP contribution in [0.25, 0.3) is 0 Å². The Labute approximate surface area is 165 Å². The van der Waals surface area contributed by atoms with Gasteiger partial charge in [0.25, 0.3) is 0 Å². The minimum absolute atomic E-state index is 0.284. The van der Waals surface area contributed by atoms with E-state index in [0.29, 0.717) is 6.42 Å². The first-order valence-corrected chi connectivity index (χ1v) is 9.01. The molecule has 0 bridgehead atoms. The van der Waals surface area contributed by atoms with E-state index in [1.807, 2.05) is 43.3 Å². The van der Waals surface area contributed by atoms with Gasteiger partial charge in [0.15, 0.2) is 0 Å². The summed E-state index contributed by atoms with van der Waals surface area (Å²) in [6, 6.07) is 20.4. The van der Waals surface area contributed by atoms with Crippen LogP contribution in [0.3, 0.4) is 0 Å². The monoisotopic (exact) mass is 385 g/mol. The van der Waals surface area contributed by atoms with Gasteiger partial charge in [0, 0.05) is 6.42 Å². The normalized spacial score (nSPS) is 10.7. The molecule has 0 atom stereocenters. The van der Waals surface area contributed by atoms with Crippen LogP contribution < -0.4 is 0 Å². The summed E-state index contributed by atoms with van der Waals surface area (Å²) in [6.45, 7) is 2.83. The predicted octanol–water partition coefficient (Wildman–Crippen LogP) is 3.06. The van der Waals surface area contributed by atoms with Crippen molar-refractivity contribution in [3.05, 3.63) is 71.8 Å². The van der Waals surface area contributed by atoms with Crippen LogP contribution >= 0.6 is 0 Å². The highest BCUT2D eigenvalue weighted by atomic mass is 16.4. The number of nitrogens with zero attached hydrogens (tertiary/aromatic N) is 1. The first kappa shape index (κ1) is 23.0. The highest BCUT2D eigenvalue weighted by molar-refractivity contribution is 6.27. The number of hydrogen-bond donors (Lipinski definition) is 2. The summed E-state index contributed by atoms with van der Waals surface area (Å²) in [7, 11) is 4.11. The number of rotatable bonds is 7. The van der Waals surface area contributed by atoms with Crippen LogP contribution in [0.2, 0.25) is 0 Å². The molecule has 6 nitrogen and oxygen atoms in total. The van der Waals surface area contributed by atoms with Crippen LogP contribution in [0.5, 0.6) is 0 Å². The SMILES string of the molecule is CCC(=O)C(CCN(C)C)(c1ccccc1)c1ccccc1.O=C(O)C(=O)O. The number of carbonyl (C=O) groups is 3. The van der Waals surface area contributed by atoms with Gasteiger partial charge in [0.2, 0.25) is 0 Å². The van der Waals surface area contributed by atoms with Crippen molar-refractivity contribution >= 4 is 17.7 Å². The molecule has 0 aliphatic heterocycles. The van der Waals surface area contributed by atoms with Crippen LogP contribution in [0.15, 0.2) is 60.7 Å². The lowest BCUT2D eigenvalue weighted by atomic mass is 9.68. The topological polar surface area (TPSA) is 94.9 Å². The van der Waals surface area contributed by atoms with Crippen molar-refractivity contribution in [1.29, 1.82) is 0 Å². The second-order valence-electron chi connectivity index (χ2n) is 6.58. The van der Waals surface area contributed by atoms with Gasteiger partial charge in [0.1, 0.15) is 5.78 Å². The third-order valence-electron chi connectivity index (χ3n) is 4.45. The highest BCUT2D eigenvalue weighted by Crippen LogP contribution is 2.37. The Morgan fingerprint density at radius 2 is 1.21 bits per heavy atom. The minimum Gasteiger partial charge on any atom is -0.473 e. The van der Waals surface area contributed by atoms with E-state index < -0.39 is 17.4 Å². The molecule has 0 fully saturated rings. The predicted molar refractivity (Wildman–Crippen MR) is 107 cm³/mol. The smallest absolute Gasteiger partial charge is 0.414 e. The fraction of sp³-hybridized carbons (Fsp3) is 0.318. The van der Waals surface area contributed by atoms with Gasteiger partial charge >= 0.3 is 11.9 Å². The van der Waals surface area contributed by atoms with Gasteiger partial charge in [-0.3, -0.25) is 4.79 Å². The molecule has 0 aliphatic carbocycles. The number of benzene rings is 2. The van der Waals surface area contributed by atoms with Crippen molar-refractivity contribution in [2.45, 2.75) is 25.2 Å². The summed E-state index contributed by atoms with van der Waals surface area (Å²) >= 11 is 0. The maximum atomic E-state index is 13.0. The summed E-state index contributed by atoms with van der Waals surface area (Å²) in [5.41, 5.74) is 1.63. The van der Waals surface area contributed by atoms with Crippen LogP contribution in [0.4, 0.5) is 0 Å². The molecule has 0 saturated heterocycles. The zero-order valence-corrected chi connectivity index (χ0v) is 16.5. The van der Waals surface area contributed by atoms with Crippen LogP contribution in [0, 0.1) is 0 Å². The van der Waals surface area contributed by atoms with E-state index in [9.17, 15) is 4.79 Å². The maximum absolute atomic E-state index is 13.0. The van der Waals surface area contributed by atoms with Gasteiger partial charge < -0.3 is 15.1 Å². The van der Waals surface area contributed by atoms with Crippen LogP contribution in [-0.2, 0) is 19.8 Å². The molecule has 0 saturated carbocycles. The van der Waals surface area contributed by atoms with E-state index in [0.717, 1.165) is 24.1 Å². The molecule has 2 aromatic rings. The molecule has 0 unspecified atom stereocenters. The number of ketones is 1.